The van der Waals surface area contributed by atoms with Crippen LogP contribution in [-0.4, -0.2) is 44.5 Å². The number of benzene rings is 1. The summed E-state index contributed by atoms with van der Waals surface area (Å²) in [5.41, 5.74) is 4.29. The second-order valence-electron chi connectivity index (χ2n) is 7.17. The van der Waals surface area contributed by atoms with E-state index in [9.17, 15) is 0 Å². The minimum absolute atomic E-state index is 0. The first-order chi connectivity index (χ1) is 14.0. The van der Waals surface area contributed by atoms with E-state index in [0.29, 0.717) is 19.8 Å². The van der Waals surface area contributed by atoms with Gasteiger partial charge in [0.05, 0.1) is 18.8 Å². The molecule has 1 atom stereocenters. The molecule has 0 fully saturated rings. The third-order valence-electron chi connectivity index (χ3n) is 4.68. The lowest BCUT2D eigenvalue weighted by molar-refractivity contribution is 0.145. The van der Waals surface area contributed by atoms with Gasteiger partial charge in [-0.2, -0.15) is 0 Å². The van der Waals surface area contributed by atoms with Crippen LogP contribution in [0.4, 0.5) is 0 Å². The molecule has 7 nitrogen and oxygen atoms in total. The molecule has 1 unspecified atom stereocenters. The van der Waals surface area contributed by atoms with Gasteiger partial charge in [-0.05, 0) is 39.3 Å². The van der Waals surface area contributed by atoms with Crippen molar-refractivity contribution in [3.05, 3.63) is 46.3 Å². The van der Waals surface area contributed by atoms with E-state index in [0.717, 1.165) is 52.9 Å². The summed E-state index contributed by atoms with van der Waals surface area (Å²) >= 11 is 0. The Balaban J connectivity index is 0.00000450. The molecule has 0 radical (unpaired) electrons. The van der Waals surface area contributed by atoms with Crippen LogP contribution in [0.15, 0.2) is 27.7 Å². The number of hydrogen-bond acceptors (Lipinski definition) is 5. The number of aromatic nitrogens is 1. The van der Waals surface area contributed by atoms with Crippen molar-refractivity contribution in [3.63, 3.8) is 0 Å². The van der Waals surface area contributed by atoms with Crippen molar-refractivity contribution >= 4 is 29.9 Å². The highest BCUT2D eigenvalue weighted by Gasteiger charge is 2.16. The first-order valence-corrected chi connectivity index (χ1v) is 10.1. The number of ether oxygens (including phenoxy) is 2. The smallest absolute Gasteiger partial charge is 0.191 e. The summed E-state index contributed by atoms with van der Waals surface area (Å²) in [5, 5.41) is 10.8. The van der Waals surface area contributed by atoms with E-state index in [1.54, 1.807) is 7.11 Å². The van der Waals surface area contributed by atoms with Crippen molar-refractivity contribution in [3.8, 4) is 5.75 Å². The molecule has 0 bridgehead atoms. The molecule has 0 saturated carbocycles. The maximum atomic E-state index is 5.87. The minimum Gasteiger partial charge on any atom is -0.491 e. The van der Waals surface area contributed by atoms with Crippen LogP contribution in [-0.2, 0) is 11.3 Å². The van der Waals surface area contributed by atoms with Crippen molar-refractivity contribution in [1.29, 1.82) is 0 Å². The molecule has 0 amide bonds. The molecular weight excluding hydrogens is 495 g/mol. The number of aryl methyl sites for hydroxylation is 3. The van der Waals surface area contributed by atoms with Gasteiger partial charge in [-0.1, -0.05) is 24.2 Å². The summed E-state index contributed by atoms with van der Waals surface area (Å²) in [6, 6.07) is 6.19. The van der Waals surface area contributed by atoms with Gasteiger partial charge in [0.15, 0.2) is 5.96 Å². The van der Waals surface area contributed by atoms with Gasteiger partial charge in [-0.3, -0.25) is 0 Å². The third kappa shape index (κ3) is 7.79. The molecule has 0 aliphatic rings. The Hall–Kier alpha value is -1.81. The Kier molecular flexibility index (Phi) is 11.8. The van der Waals surface area contributed by atoms with Crippen LogP contribution in [0, 0.1) is 20.8 Å². The van der Waals surface area contributed by atoms with Crippen molar-refractivity contribution in [2.24, 2.45) is 4.99 Å². The van der Waals surface area contributed by atoms with Crippen molar-refractivity contribution in [1.82, 2.24) is 15.8 Å². The summed E-state index contributed by atoms with van der Waals surface area (Å²) < 4.78 is 16.2. The highest BCUT2D eigenvalue weighted by molar-refractivity contribution is 14.0. The van der Waals surface area contributed by atoms with E-state index < -0.39 is 0 Å². The number of nitrogens with one attached hydrogen (secondary N) is 2. The van der Waals surface area contributed by atoms with E-state index in [1.807, 2.05) is 19.9 Å². The van der Waals surface area contributed by atoms with Crippen LogP contribution in [0.2, 0.25) is 0 Å². The molecule has 1 heterocycles. The molecule has 8 heteroatoms. The fourth-order valence-electron chi connectivity index (χ4n) is 3.21. The normalized spacial score (nSPS) is 12.3. The molecule has 1 aromatic heterocycles. The molecule has 2 N–H and O–H groups in total. The SMILES string of the molecule is CCNC(=NCc1ccc(C)cc1OCCOC)NCC(C)c1c(C)noc1C.I. The van der Waals surface area contributed by atoms with Crippen molar-refractivity contribution in [2.45, 2.75) is 47.1 Å². The Bertz CT molecular complexity index is 788. The van der Waals surface area contributed by atoms with E-state index in [1.165, 1.54) is 0 Å². The van der Waals surface area contributed by atoms with Gasteiger partial charge in [0.1, 0.15) is 18.1 Å². The maximum absolute atomic E-state index is 5.87. The number of methoxy groups -OCH3 is 1. The molecule has 0 spiro atoms. The van der Waals surface area contributed by atoms with Crippen LogP contribution >= 0.6 is 24.0 Å². The summed E-state index contributed by atoms with van der Waals surface area (Å²) in [4.78, 5) is 4.74. The van der Waals surface area contributed by atoms with Crippen LogP contribution in [0.5, 0.6) is 5.75 Å². The monoisotopic (exact) mass is 530 g/mol. The second-order valence-corrected chi connectivity index (χ2v) is 7.17. The average molecular weight is 530 g/mol. The van der Waals surface area contributed by atoms with E-state index in [4.69, 9.17) is 19.0 Å². The van der Waals surface area contributed by atoms with Crippen molar-refractivity contribution in [2.75, 3.05) is 33.4 Å². The summed E-state index contributed by atoms with van der Waals surface area (Å²) in [6.45, 7) is 13.3. The van der Waals surface area contributed by atoms with E-state index in [2.05, 4.69) is 48.7 Å². The highest BCUT2D eigenvalue weighted by Crippen LogP contribution is 2.23. The average Bonchev–Trinajstić information content (AvgIpc) is 3.03. The predicted molar refractivity (Wildman–Crippen MR) is 131 cm³/mol. The van der Waals surface area contributed by atoms with Gasteiger partial charge in [0, 0.05) is 37.2 Å². The van der Waals surface area contributed by atoms with Gasteiger partial charge < -0.3 is 24.6 Å². The van der Waals surface area contributed by atoms with E-state index >= 15 is 0 Å². The van der Waals surface area contributed by atoms with E-state index in [-0.39, 0.29) is 29.9 Å². The molecule has 1 aromatic carbocycles. The number of halogens is 1. The molecule has 2 aromatic rings. The molecule has 0 aliphatic carbocycles. The van der Waals surface area contributed by atoms with Gasteiger partial charge in [-0.15, -0.1) is 24.0 Å². The largest absolute Gasteiger partial charge is 0.491 e. The number of nitrogens with zero attached hydrogens (tertiary/aromatic N) is 2. The zero-order chi connectivity index (χ0) is 21.2. The molecule has 168 valence electrons. The zero-order valence-corrected chi connectivity index (χ0v) is 21.2. The zero-order valence-electron chi connectivity index (χ0n) is 18.9. The molecular formula is C22H35IN4O3. The lowest BCUT2D eigenvalue weighted by atomic mass is 10.00. The van der Waals surface area contributed by atoms with Gasteiger partial charge >= 0.3 is 0 Å². The third-order valence-corrected chi connectivity index (χ3v) is 4.68. The van der Waals surface area contributed by atoms with Crippen LogP contribution < -0.4 is 15.4 Å². The summed E-state index contributed by atoms with van der Waals surface area (Å²) in [6.07, 6.45) is 0. The lowest BCUT2D eigenvalue weighted by Gasteiger charge is -2.16. The number of aliphatic imine (C=N–C) groups is 1. The second kappa shape index (κ2) is 13.5. The quantitative estimate of drug-likeness (QED) is 0.209. The summed E-state index contributed by atoms with van der Waals surface area (Å²) in [7, 11) is 1.67. The van der Waals surface area contributed by atoms with Crippen LogP contribution in [0.1, 0.15) is 47.9 Å². The Morgan fingerprint density at radius 1 is 1.20 bits per heavy atom. The first kappa shape index (κ1) is 26.2. The summed E-state index contributed by atoms with van der Waals surface area (Å²) in [5.74, 6) is 2.76. The predicted octanol–water partition coefficient (Wildman–Crippen LogP) is 4.10. The van der Waals surface area contributed by atoms with Crippen LogP contribution in [0.25, 0.3) is 0 Å². The Labute approximate surface area is 197 Å². The minimum atomic E-state index is 0. The fraction of sp³-hybridized carbons (Fsp3) is 0.545. The van der Waals surface area contributed by atoms with Gasteiger partial charge in [0.25, 0.3) is 0 Å². The standard InChI is InChI=1S/C22H34N4O3.HI/c1-7-23-22(24-13-16(3)21-17(4)26-29-18(21)5)25-14-19-9-8-15(2)12-20(19)28-11-10-27-6;/h8-9,12,16H,7,10-11,13-14H2,1-6H3,(H2,23,24,25);1H. The molecule has 0 saturated heterocycles. The first-order valence-electron chi connectivity index (χ1n) is 10.1. The molecule has 2 rings (SSSR count). The fourth-order valence-corrected chi connectivity index (χ4v) is 3.21. The van der Waals surface area contributed by atoms with Gasteiger partial charge in [0.2, 0.25) is 0 Å². The highest BCUT2D eigenvalue weighted by atomic mass is 127. The number of guanidine groups is 1. The lowest BCUT2D eigenvalue weighted by Crippen LogP contribution is -2.39. The topological polar surface area (TPSA) is 80.9 Å². The molecule has 0 aliphatic heterocycles. The van der Waals surface area contributed by atoms with Crippen molar-refractivity contribution < 1.29 is 14.0 Å². The van der Waals surface area contributed by atoms with Gasteiger partial charge in [-0.25, -0.2) is 4.99 Å². The maximum Gasteiger partial charge on any atom is 0.191 e. The number of hydrogen-bond donors (Lipinski definition) is 2. The Morgan fingerprint density at radius 2 is 1.97 bits per heavy atom. The van der Waals surface area contributed by atoms with Crippen LogP contribution in [0.3, 0.4) is 0 Å². The Morgan fingerprint density at radius 3 is 2.60 bits per heavy atom. The molecule has 30 heavy (non-hydrogen) atoms. The number of rotatable bonds is 10.